The van der Waals surface area contributed by atoms with Gasteiger partial charge < -0.3 is 15.9 Å². The molecule has 0 fully saturated rings. The second-order valence-corrected chi connectivity index (χ2v) is 2.98. The highest BCUT2D eigenvalue weighted by Crippen LogP contribution is 2.33. The number of phenols is 2. The molecule has 0 heterocycles. The summed E-state index contributed by atoms with van der Waals surface area (Å²) in [4.78, 5) is 0. The molecular formula is C10H13NO2. The van der Waals surface area contributed by atoms with E-state index >= 15 is 0 Å². The van der Waals surface area contributed by atoms with Gasteiger partial charge >= 0.3 is 0 Å². The number of hydrogen-bond acceptors (Lipinski definition) is 3. The van der Waals surface area contributed by atoms with E-state index in [1.54, 1.807) is 6.07 Å². The molecule has 0 aliphatic carbocycles. The Morgan fingerprint density at radius 3 is 2.62 bits per heavy atom. The van der Waals surface area contributed by atoms with Crippen LogP contribution in [-0.4, -0.2) is 10.2 Å². The molecule has 13 heavy (non-hydrogen) atoms. The van der Waals surface area contributed by atoms with Gasteiger partial charge in [0.1, 0.15) is 0 Å². The molecule has 70 valence electrons. The summed E-state index contributed by atoms with van der Waals surface area (Å²) in [5.74, 6) is -0.315. The maximum Gasteiger partial charge on any atom is 0.162 e. The molecular weight excluding hydrogens is 166 g/mol. The maximum atomic E-state index is 9.45. The van der Waals surface area contributed by atoms with Crippen molar-refractivity contribution in [2.24, 2.45) is 5.73 Å². The van der Waals surface area contributed by atoms with E-state index in [1.807, 2.05) is 6.92 Å². The summed E-state index contributed by atoms with van der Waals surface area (Å²) in [6, 6.07) is 2.75. The quantitative estimate of drug-likeness (QED) is 0.477. The molecule has 3 heteroatoms. The first-order valence-corrected chi connectivity index (χ1v) is 3.97. The van der Waals surface area contributed by atoms with Crippen molar-refractivity contribution in [1.29, 1.82) is 0 Å². The van der Waals surface area contributed by atoms with Crippen molar-refractivity contribution in [3.8, 4) is 11.5 Å². The van der Waals surface area contributed by atoms with Crippen molar-refractivity contribution in [3.05, 3.63) is 35.9 Å². The third-order valence-electron chi connectivity index (χ3n) is 1.88. The summed E-state index contributed by atoms with van der Waals surface area (Å²) in [5, 5.41) is 18.7. The molecule has 0 amide bonds. The average Bonchev–Trinajstić information content (AvgIpc) is 2.10. The number of aryl methyl sites for hydroxylation is 1. The molecule has 0 radical (unpaired) electrons. The highest BCUT2D eigenvalue weighted by molar-refractivity contribution is 5.49. The highest BCUT2D eigenvalue weighted by Gasteiger charge is 2.11. The van der Waals surface area contributed by atoms with Crippen molar-refractivity contribution in [2.45, 2.75) is 13.0 Å². The molecule has 0 spiro atoms. The summed E-state index contributed by atoms with van der Waals surface area (Å²) < 4.78 is 0. The van der Waals surface area contributed by atoms with Gasteiger partial charge in [-0.3, -0.25) is 0 Å². The Labute approximate surface area is 77.1 Å². The zero-order valence-corrected chi connectivity index (χ0v) is 7.49. The van der Waals surface area contributed by atoms with Gasteiger partial charge in [-0.15, -0.1) is 6.58 Å². The minimum Gasteiger partial charge on any atom is -0.504 e. The Morgan fingerprint density at radius 2 is 2.08 bits per heavy atom. The van der Waals surface area contributed by atoms with E-state index in [9.17, 15) is 10.2 Å². The lowest BCUT2D eigenvalue weighted by Crippen LogP contribution is -2.06. The van der Waals surface area contributed by atoms with Crippen LogP contribution in [0.15, 0.2) is 24.8 Å². The third kappa shape index (κ3) is 1.81. The monoisotopic (exact) mass is 179 g/mol. The van der Waals surface area contributed by atoms with Crippen molar-refractivity contribution in [2.75, 3.05) is 0 Å². The second-order valence-electron chi connectivity index (χ2n) is 2.98. The summed E-state index contributed by atoms with van der Waals surface area (Å²) >= 11 is 0. The fraction of sp³-hybridized carbons (Fsp3) is 0.200. The molecule has 0 aliphatic heterocycles. The largest absolute Gasteiger partial charge is 0.504 e. The molecule has 1 rings (SSSR count). The van der Waals surface area contributed by atoms with E-state index in [4.69, 9.17) is 5.73 Å². The first-order valence-electron chi connectivity index (χ1n) is 3.97. The fourth-order valence-corrected chi connectivity index (χ4v) is 1.17. The zero-order chi connectivity index (χ0) is 10.0. The van der Waals surface area contributed by atoms with E-state index in [2.05, 4.69) is 6.58 Å². The Kier molecular flexibility index (Phi) is 2.58. The molecule has 0 saturated heterocycles. The zero-order valence-electron chi connectivity index (χ0n) is 7.49. The van der Waals surface area contributed by atoms with Gasteiger partial charge in [-0.05, 0) is 18.6 Å². The van der Waals surface area contributed by atoms with E-state index in [1.165, 1.54) is 12.1 Å². The van der Waals surface area contributed by atoms with Gasteiger partial charge in [0.25, 0.3) is 0 Å². The highest BCUT2D eigenvalue weighted by atomic mass is 16.3. The lowest BCUT2D eigenvalue weighted by atomic mass is 10.0. The summed E-state index contributed by atoms with van der Waals surface area (Å²) in [5.41, 5.74) is 6.99. The van der Waals surface area contributed by atoms with Crippen LogP contribution in [0.25, 0.3) is 0 Å². The molecule has 1 atom stereocenters. The topological polar surface area (TPSA) is 66.5 Å². The van der Waals surface area contributed by atoms with Gasteiger partial charge in [0.15, 0.2) is 11.5 Å². The molecule has 1 aromatic rings. The molecule has 4 N–H and O–H groups in total. The first kappa shape index (κ1) is 9.61. The summed E-state index contributed by atoms with van der Waals surface area (Å²) in [6.07, 6.45) is 1.51. The minimum absolute atomic E-state index is 0.146. The average molecular weight is 179 g/mol. The number of aromatic hydroxyl groups is 2. The number of nitrogens with two attached hydrogens (primary N) is 1. The van der Waals surface area contributed by atoms with Gasteiger partial charge in [-0.25, -0.2) is 0 Å². The number of hydrogen-bond donors (Lipinski definition) is 3. The van der Waals surface area contributed by atoms with Crippen LogP contribution in [0.2, 0.25) is 0 Å². The normalized spacial score (nSPS) is 12.5. The van der Waals surface area contributed by atoms with Crippen LogP contribution in [0.3, 0.4) is 0 Å². The van der Waals surface area contributed by atoms with E-state index in [-0.39, 0.29) is 11.5 Å². The van der Waals surface area contributed by atoms with Crippen LogP contribution < -0.4 is 5.73 Å². The predicted octanol–water partition coefficient (Wildman–Crippen LogP) is 1.59. The Morgan fingerprint density at radius 1 is 1.46 bits per heavy atom. The van der Waals surface area contributed by atoms with Crippen molar-refractivity contribution < 1.29 is 10.2 Å². The van der Waals surface area contributed by atoms with Crippen LogP contribution >= 0.6 is 0 Å². The summed E-state index contributed by atoms with van der Waals surface area (Å²) in [6.45, 7) is 5.34. The molecule has 0 aromatic heterocycles. The van der Waals surface area contributed by atoms with Crippen molar-refractivity contribution >= 4 is 0 Å². The maximum absolute atomic E-state index is 9.45. The standard InChI is InChI=1S/C10H13NO2/c1-3-8(11)7-4-6(2)5-9(12)10(7)13/h3-5,8,12-13H,1,11H2,2H3. The van der Waals surface area contributed by atoms with Crippen LogP contribution in [0.5, 0.6) is 11.5 Å². The number of benzene rings is 1. The molecule has 0 bridgehead atoms. The van der Waals surface area contributed by atoms with Crippen molar-refractivity contribution in [3.63, 3.8) is 0 Å². The minimum atomic E-state index is -0.453. The van der Waals surface area contributed by atoms with Crippen molar-refractivity contribution in [1.82, 2.24) is 0 Å². The van der Waals surface area contributed by atoms with E-state index in [0.717, 1.165) is 5.56 Å². The molecule has 1 aromatic carbocycles. The Bertz CT molecular complexity index is 334. The lowest BCUT2D eigenvalue weighted by molar-refractivity contribution is 0.397. The van der Waals surface area contributed by atoms with Gasteiger partial charge in [-0.2, -0.15) is 0 Å². The van der Waals surface area contributed by atoms with E-state index in [0.29, 0.717) is 5.56 Å². The summed E-state index contributed by atoms with van der Waals surface area (Å²) in [7, 11) is 0. The Balaban J connectivity index is 3.27. The number of rotatable bonds is 2. The Hall–Kier alpha value is -1.48. The SMILES string of the molecule is C=CC(N)c1cc(C)cc(O)c1O. The molecule has 3 nitrogen and oxygen atoms in total. The smallest absolute Gasteiger partial charge is 0.162 e. The number of phenolic OH excluding ortho intramolecular Hbond substituents is 2. The van der Waals surface area contributed by atoms with Crippen LogP contribution in [-0.2, 0) is 0 Å². The second kappa shape index (κ2) is 3.49. The van der Waals surface area contributed by atoms with E-state index < -0.39 is 6.04 Å². The van der Waals surface area contributed by atoms with Crippen LogP contribution in [0.4, 0.5) is 0 Å². The molecule has 1 unspecified atom stereocenters. The lowest BCUT2D eigenvalue weighted by Gasteiger charge is -2.11. The first-order chi connectivity index (χ1) is 6.06. The van der Waals surface area contributed by atoms with Crippen LogP contribution in [0, 0.1) is 6.92 Å². The molecule has 0 aliphatic rings. The predicted molar refractivity (Wildman–Crippen MR) is 51.6 cm³/mol. The molecule has 0 saturated carbocycles. The van der Waals surface area contributed by atoms with Crippen LogP contribution in [0.1, 0.15) is 17.2 Å². The van der Waals surface area contributed by atoms with Gasteiger partial charge in [-0.1, -0.05) is 12.1 Å². The van der Waals surface area contributed by atoms with Gasteiger partial charge in [0, 0.05) is 5.56 Å². The van der Waals surface area contributed by atoms with Gasteiger partial charge in [0.05, 0.1) is 6.04 Å². The third-order valence-corrected chi connectivity index (χ3v) is 1.88. The fourth-order valence-electron chi connectivity index (χ4n) is 1.17. The van der Waals surface area contributed by atoms with Gasteiger partial charge in [0.2, 0.25) is 0 Å².